The molecule has 8 atom stereocenters. The number of carbonyl (C=O) groups is 2. The smallest absolute Gasteiger partial charge is 0.306 e. The Hall–Kier alpha value is -2.38. The predicted molar refractivity (Wildman–Crippen MR) is 320 cm³/mol. The van der Waals surface area contributed by atoms with Crippen LogP contribution in [0.3, 0.4) is 0 Å². The van der Waals surface area contributed by atoms with E-state index in [1.54, 1.807) is 6.08 Å². The number of esters is 1. The second-order valence-electron chi connectivity index (χ2n) is 22.5. The third kappa shape index (κ3) is 42.2. The van der Waals surface area contributed by atoms with Gasteiger partial charge in [-0.2, -0.15) is 0 Å². The predicted octanol–water partition coefficient (Wildman–Crippen LogP) is 15.6. The van der Waals surface area contributed by atoms with Crippen LogP contribution < -0.4 is 5.32 Å². The fourth-order valence-corrected chi connectivity index (χ4v) is 10.1. The number of unbranched alkanes of at least 4 members (excludes halogenated alkanes) is 35. The zero-order chi connectivity index (χ0) is 56.1. The fourth-order valence-electron chi connectivity index (χ4n) is 10.1. The quantitative estimate of drug-likeness (QED) is 0.0195. The molecule has 1 fully saturated rings. The molecule has 1 heterocycles. The monoisotopic (exact) mass is 1090 g/mol. The molecule has 0 bridgehead atoms. The summed E-state index contributed by atoms with van der Waals surface area (Å²) in [5.74, 6) is -1.19. The normalized spacial score (nSPS) is 19.3. The lowest BCUT2D eigenvalue weighted by molar-refractivity contribution is -0.305. The van der Waals surface area contributed by atoms with Crippen molar-refractivity contribution in [2.24, 2.45) is 0 Å². The summed E-state index contributed by atoms with van der Waals surface area (Å²) >= 11 is 0. The maximum atomic E-state index is 13.4. The zero-order valence-electron chi connectivity index (χ0n) is 49.8. The first-order chi connectivity index (χ1) is 37.7. The second kappa shape index (κ2) is 54.2. The molecule has 0 aromatic carbocycles. The number of hydrogen-bond acceptors (Lipinski definition) is 10. The highest BCUT2D eigenvalue weighted by Crippen LogP contribution is 2.26. The SMILES string of the molecule is CCCCC/C=C\C/C=C\C/C=C\CCCCCCCCCC(O)C(=O)NC(COC1OC(CO)C(O)C(O)C1OC(=O)CCCCCCCCCCCCCCCCC)C(O)/C=C/CCCCCCCCCCCCC. The van der Waals surface area contributed by atoms with E-state index in [0.29, 0.717) is 12.8 Å². The van der Waals surface area contributed by atoms with E-state index in [-0.39, 0.29) is 19.4 Å². The Morgan fingerprint density at radius 1 is 0.506 bits per heavy atom. The standard InChI is InChI=1S/C66H121NO10/c1-4-7-10-13-16-19-22-25-27-28-29-30-31-33-35-38-41-44-47-50-53-59(70)65(74)67-57(58(69)52-49-46-43-40-37-34-24-21-18-15-12-9-6-3)56-75-66-64(63(73)62(72)60(55-68)76-66)77-61(71)54-51-48-45-42-39-36-32-26-23-20-17-14-11-8-5-2/h16,19,25,27,29-30,49,52,57-60,62-64,66,68-70,72-73H,4-15,17-18,20-24,26,28,31-48,50-51,53-56H2,1-3H3,(H,67,74)/b19-16-,27-25-,30-29-,52-49+. The fraction of sp³-hybridized carbons (Fsp3) is 0.848. The van der Waals surface area contributed by atoms with Gasteiger partial charge in [0, 0.05) is 6.42 Å². The van der Waals surface area contributed by atoms with Crippen molar-refractivity contribution < 1.29 is 49.3 Å². The minimum absolute atomic E-state index is 0.126. The molecular weight excluding hydrogens is 967 g/mol. The van der Waals surface area contributed by atoms with E-state index in [9.17, 15) is 35.1 Å². The summed E-state index contributed by atoms with van der Waals surface area (Å²) in [6, 6.07) is -1.03. The number of nitrogens with one attached hydrogen (secondary N) is 1. The van der Waals surface area contributed by atoms with Crippen LogP contribution >= 0.6 is 0 Å². The van der Waals surface area contributed by atoms with Crippen LogP contribution in [0.2, 0.25) is 0 Å². The van der Waals surface area contributed by atoms with Gasteiger partial charge in [0.2, 0.25) is 5.91 Å². The van der Waals surface area contributed by atoms with E-state index >= 15 is 0 Å². The van der Waals surface area contributed by atoms with Crippen LogP contribution in [-0.2, 0) is 23.8 Å². The van der Waals surface area contributed by atoms with Crippen molar-refractivity contribution >= 4 is 11.9 Å². The van der Waals surface area contributed by atoms with Crippen molar-refractivity contribution in [3.8, 4) is 0 Å². The van der Waals surface area contributed by atoms with Gasteiger partial charge in [-0.25, -0.2) is 0 Å². The summed E-state index contributed by atoms with van der Waals surface area (Å²) in [6.45, 7) is 5.78. The molecule has 0 aromatic heterocycles. The maximum Gasteiger partial charge on any atom is 0.306 e. The zero-order valence-corrected chi connectivity index (χ0v) is 49.8. The van der Waals surface area contributed by atoms with Crippen LogP contribution in [-0.4, -0.2) is 99.6 Å². The van der Waals surface area contributed by atoms with Crippen molar-refractivity contribution in [3.63, 3.8) is 0 Å². The Balaban J connectivity index is 2.67. The molecular formula is C66H121NO10. The molecule has 1 amide bonds. The number of amides is 1. The molecule has 11 nitrogen and oxygen atoms in total. The third-order valence-electron chi connectivity index (χ3n) is 15.2. The van der Waals surface area contributed by atoms with Crippen LogP contribution in [0.4, 0.5) is 0 Å². The molecule has 1 saturated heterocycles. The summed E-state index contributed by atoms with van der Waals surface area (Å²) in [5, 5.41) is 57.1. The van der Waals surface area contributed by atoms with Gasteiger partial charge in [-0.15, -0.1) is 0 Å². The van der Waals surface area contributed by atoms with Gasteiger partial charge in [-0.3, -0.25) is 9.59 Å². The lowest BCUT2D eigenvalue weighted by atomic mass is 9.99. The first kappa shape index (κ1) is 72.6. The van der Waals surface area contributed by atoms with Gasteiger partial charge in [0.1, 0.15) is 24.4 Å². The summed E-state index contributed by atoms with van der Waals surface area (Å²) in [5.41, 5.74) is 0. The molecule has 0 aliphatic carbocycles. The van der Waals surface area contributed by atoms with Crippen molar-refractivity contribution in [2.75, 3.05) is 13.2 Å². The highest BCUT2D eigenvalue weighted by Gasteiger charge is 2.47. The van der Waals surface area contributed by atoms with Crippen LogP contribution in [0.1, 0.15) is 297 Å². The second-order valence-corrected chi connectivity index (χ2v) is 22.5. The van der Waals surface area contributed by atoms with Crippen molar-refractivity contribution in [1.29, 1.82) is 0 Å². The van der Waals surface area contributed by atoms with E-state index in [4.69, 9.17) is 14.2 Å². The van der Waals surface area contributed by atoms with Crippen LogP contribution in [0.5, 0.6) is 0 Å². The summed E-state index contributed by atoms with van der Waals surface area (Å²) in [4.78, 5) is 26.6. The lowest BCUT2D eigenvalue weighted by Crippen LogP contribution is -2.61. The van der Waals surface area contributed by atoms with E-state index in [1.807, 2.05) is 6.08 Å². The Morgan fingerprint density at radius 2 is 0.896 bits per heavy atom. The molecule has 1 aliphatic rings. The summed E-state index contributed by atoms with van der Waals surface area (Å²) in [7, 11) is 0. The molecule has 0 saturated carbocycles. The van der Waals surface area contributed by atoms with Gasteiger partial charge in [-0.05, 0) is 64.2 Å². The average Bonchev–Trinajstić information content (AvgIpc) is 3.43. The number of carbonyl (C=O) groups excluding carboxylic acids is 2. The molecule has 0 radical (unpaired) electrons. The van der Waals surface area contributed by atoms with Crippen LogP contribution in [0.15, 0.2) is 48.6 Å². The van der Waals surface area contributed by atoms with Gasteiger partial charge in [0.15, 0.2) is 12.4 Å². The molecule has 8 unspecified atom stereocenters. The minimum Gasteiger partial charge on any atom is -0.454 e. The van der Waals surface area contributed by atoms with E-state index in [0.717, 1.165) is 83.5 Å². The number of rotatable bonds is 55. The lowest BCUT2D eigenvalue weighted by Gasteiger charge is -2.41. The molecule has 0 spiro atoms. The summed E-state index contributed by atoms with van der Waals surface area (Å²) in [6.07, 6.45) is 55.7. The number of allylic oxidation sites excluding steroid dienone is 7. The van der Waals surface area contributed by atoms with E-state index in [2.05, 4.69) is 62.5 Å². The first-order valence-electron chi connectivity index (χ1n) is 32.4. The molecule has 77 heavy (non-hydrogen) atoms. The molecule has 450 valence electrons. The third-order valence-corrected chi connectivity index (χ3v) is 15.2. The van der Waals surface area contributed by atoms with E-state index < -0.39 is 67.4 Å². The van der Waals surface area contributed by atoms with Gasteiger partial charge >= 0.3 is 5.97 Å². The molecule has 1 rings (SSSR count). The van der Waals surface area contributed by atoms with Gasteiger partial charge < -0.3 is 45.1 Å². The number of ether oxygens (including phenoxy) is 3. The highest BCUT2D eigenvalue weighted by molar-refractivity contribution is 5.80. The van der Waals surface area contributed by atoms with Gasteiger partial charge in [0.05, 0.1) is 25.4 Å². The number of aliphatic hydroxyl groups is 5. The Labute approximate surface area is 472 Å². The van der Waals surface area contributed by atoms with Gasteiger partial charge in [0.25, 0.3) is 0 Å². The Kier molecular flexibility index (Phi) is 51.1. The summed E-state index contributed by atoms with van der Waals surface area (Å²) < 4.78 is 17.6. The molecule has 0 aromatic rings. The van der Waals surface area contributed by atoms with Crippen LogP contribution in [0.25, 0.3) is 0 Å². The van der Waals surface area contributed by atoms with Crippen molar-refractivity contribution in [1.82, 2.24) is 5.32 Å². The highest BCUT2D eigenvalue weighted by atomic mass is 16.7. The first-order valence-corrected chi connectivity index (χ1v) is 32.4. The van der Waals surface area contributed by atoms with Crippen LogP contribution in [0, 0.1) is 0 Å². The van der Waals surface area contributed by atoms with E-state index in [1.165, 1.54) is 167 Å². The Morgan fingerprint density at radius 3 is 1.36 bits per heavy atom. The maximum absolute atomic E-state index is 13.4. The number of aliphatic hydroxyl groups excluding tert-OH is 5. The molecule has 11 heteroatoms. The molecule has 6 N–H and O–H groups in total. The minimum atomic E-state index is -1.61. The van der Waals surface area contributed by atoms with Crippen molar-refractivity contribution in [3.05, 3.63) is 48.6 Å². The largest absolute Gasteiger partial charge is 0.454 e. The average molecular weight is 1090 g/mol. The molecule has 1 aliphatic heterocycles. The van der Waals surface area contributed by atoms with Crippen molar-refractivity contribution in [2.45, 2.75) is 346 Å². The van der Waals surface area contributed by atoms with Gasteiger partial charge in [-0.1, -0.05) is 275 Å². The number of hydrogen-bond donors (Lipinski definition) is 6. The Bertz CT molecular complexity index is 1440. The topological polar surface area (TPSA) is 175 Å².